The molecular formula is C40H38N2O2. The average Bonchev–Trinajstić information content (AvgIpc) is 3.69. The predicted octanol–water partition coefficient (Wildman–Crippen LogP) is 11.2. The molecule has 8 rings (SSSR count). The van der Waals surface area contributed by atoms with E-state index in [-0.39, 0.29) is 0 Å². The minimum Gasteiger partial charge on any atom is -0.459 e. The number of furan rings is 2. The molecule has 4 aromatic carbocycles. The molecular weight excluding hydrogens is 540 g/mol. The summed E-state index contributed by atoms with van der Waals surface area (Å²) in [7, 11) is 0. The van der Waals surface area contributed by atoms with Gasteiger partial charge in [0.2, 0.25) is 0 Å². The first-order chi connectivity index (χ1) is 21.2. The summed E-state index contributed by atoms with van der Waals surface area (Å²) in [6.07, 6.45) is 0. The number of fused-ring (bicyclic) bond motifs is 6. The molecule has 0 saturated heterocycles. The van der Waals surface area contributed by atoms with Gasteiger partial charge in [0.25, 0.3) is 0 Å². The second kappa shape index (κ2) is 10.3. The molecule has 0 N–H and O–H groups in total. The second-order valence-corrected chi connectivity index (χ2v) is 12.1. The SMILES string of the molecule is Cc1cccc(C)c1-n1c(C)c(C)c2oc3ccccc3c21.Cc1cccc(C)c1-n1c2ccccc2c2oc(C)c(C)c21. The van der Waals surface area contributed by atoms with Gasteiger partial charge in [0, 0.05) is 27.6 Å². The molecule has 0 fully saturated rings. The highest BCUT2D eigenvalue weighted by Gasteiger charge is 2.22. The molecule has 4 heteroatoms. The monoisotopic (exact) mass is 578 g/mol. The standard InChI is InChI=1S/2C20H19NO/c1-12-8-7-9-13(2)18(12)21-15(4)14(3)20-19(21)16-10-5-6-11-17(16)22-20;1-12-8-7-9-13(2)18(12)21-17-11-6-5-10-16(17)20-19(21)14(3)15(4)22-20/h2*5-11H,1-4H3. The highest BCUT2D eigenvalue weighted by atomic mass is 16.3. The summed E-state index contributed by atoms with van der Waals surface area (Å²) >= 11 is 0. The molecule has 0 saturated carbocycles. The number of hydrogen-bond donors (Lipinski definition) is 0. The smallest absolute Gasteiger partial charge is 0.160 e. The van der Waals surface area contributed by atoms with Gasteiger partial charge in [-0.2, -0.15) is 0 Å². The van der Waals surface area contributed by atoms with Crippen molar-refractivity contribution in [2.45, 2.75) is 55.4 Å². The maximum atomic E-state index is 6.13. The summed E-state index contributed by atoms with van der Waals surface area (Å²) in [5, 5.41) is 2.35. The Labute approximate surface area is 258 Å². The molecule has 0 amide bonds. The van der Waals surface area contributed by atoms with Crippen molar-refractivity contribution >= 4 is 44.1 Å². The lowest BCUT2D eigenvalue weighted by Gasteiger charge is -2.14. The van der Waals surface area contributed by atoms with E-state index in [1.165, 1.54) is 77.8 Å². The van der Waals surface area contributed by atoms with E-state index in [1.807, 2.05) is 19.1 Å². The molecule has 0 spiro atoms. The summed E-state index contributed by atoms with van der Waals surface area (Å²) in [6, 6.07) is 29.7. The number of para-hydroxylation sites is 4. The van der Waals surface area contributed by atoms with Gasteiger partial charge in [-0.25, -0.2) is 0 Å². The van der Waals surface area contributed by atoms with Gasteiger partial charge in [0.1, 0.15) is 16.9 Å². The van der Waals surface area contributed by atoms with Crippen LogP contribution in [0.3, 0.4) is 0 Å². The lowest BCUT2D eigenvalue weighted by Crippen LogP contribution is -2.02. The molecule has 0 aliphatic carbocycles. The molecule has 44 heavy (non-hydrogen) atoms. The van der Waals surface area contributed by atoms with Crippen LogP contribution in [0, 0.1) is 55.4 Å². The van der Waals surface area contributed by atoms with E-state index in [9.17, 15) is 0 Å². The van der Waals surface area contributed by atoms with Crippen LogP contribution >= 0.6 is 0 Å². The molecule has 0 atom stereocenters. The topological polar surface area (TPSA) is 36.1 Å². The molecule has 0 bridgehead atoms. The van der Waals surface area contributed by atoms with E-state index in [4.69, 9.17) is 8.83 Å². The first-order valence-corrected chi connectivity index (χ1v) is 15.3. The van der Waals surface area contributed by atoms with Crippen molar-refractivity contribution in [1.29, 1.82) is 0 Å². The maximum absolute atomic E-state index is 6.13. The average molecular weight is 579 g/mol. The molecule has 0 unspecified atom stereocenters. The third-order valence-electron chi connectivity index (χ3n) is 9.30. The fourth-order valence-electron chi connectivity index (χ4n) is 6.88. The van der Waals surface area contributed by atoms with Crippen molar-refractivity contribution in [3.8, 4) is 11.4 Å². The van der Waals surface area contributed by atoms with Gasteiger partial charge in [0.05, 0.1) is 22.4 Å². The lowest BCUT2D eigenvalue weighted by atomic mass is 10.1. The van der Waals surface area contributed by atoms with Crippen LogP contribution in [0.25, 0.3) is 55.4 Å². The van der Waals surface area contributed by atoms with E-state index in [1.54, 1.807) is 0 Å². The van der Waals surface area contributed by atoms with Crippen molar-refractivity contribution in [3.63, 3.8) is 0 Å². The van der Waals surface area contributed by atoms with Gasteiger partial charge in [-0.15, -0.1) is 0 Å². The van der Waals surface area contributed by atoms with E-state index in [2.05, 4.69) is 130 Å². The minimum absolute atomic E-state index is 0.954. The predicted molar refractivity (Wildman–Crippen MR) is 184 cm³/mol. The number of aromatic nitrogens is 2. The second-order valence-electron chi connectivity index (χ2n) is 12.1. The Kier molecular flexibility index (Phi) is 6.55. The van der Waals surface area contributed by atoms with Crippen LogP contribution < -0.4 is 0 Å². The molecule has 4 nitrogen and oxygen atoms in total. The molecule has 220 valence electrons. The quantitative estimate of drug-likeness (QED) is 0.205. The lowest BCUT2D eigenvalue weighted by molar-refractivity contribution is 0.578. The van der Waals surface area contributed by atoms with Crippen LogP contribution in [-0.4, -0.2) is 9.13 Å². The number of benzene rings is 4. The molecule has 0 aliphatic rings. The van der Waals surface area contributed by atoms with E-state index >= 15 is 0 Å². The normalized spacial score (nSPS) is 11.6. The number of rotatable bonds is 2. The van der Waals surface area contributed by atoms with Crippen LogP contribution in [0.5, 0.6) is 0 Å². The Morgan fingerprint density at radius 1 is 0.455 bits per heavy atom. The third kappa shape index (κ3) is 4.05. The molecule has 4 aromatic heterocycles. The Morgan fingerprint density at radius 2 is 1.00 bits per heavy atom. The molecule has 0 radical (unpaired) electrons. The summed E-state index contributed by atoms with van der Waals surface area (Å²) < 4.78 is 16.9. The van der Waals surface area contributed by atoms with Gasteiger partial charge in [-0.05, 0) is 102 Å². The molecule has 4 heterocycles. The number of hydrogen-bond acceptors (Lipinski definition) is 2. The van der Waals surface area contributed by atoms with Gasteiger partial charge < -0.3 is 18.0 Å². The first kappa shape index (κ1) is 27.8. The number of nitrogens with zero attached hydrogens (tertiary/aromatic N) is 2. The van der Waals surface area contributed by atoms with Gasteiger partial charge in [-0.1, -0.05) is 60.7 Å². The first-order valence-electron chi connectivity index (χ1n) is 15.3. The highest BCUT2D eigenvalue weighted by Crippen LogP contribution is 2.39. The summed E-state index contributed by atoms with van der Waals surface area (Å²) in [6.45, 7) is 17.2. The van der Waals surface area contributed by atoms with Crippen molar-refractivity contribution < 1.29 is 8.83 Å². The van der Waals surface area contributed by atoms with Crippen LogP contribution in [-0.2, 0) is 0 Å². The summed E-state index contributed by atoms with van der Waals surface area (Å²) in [5.74, 6) is 0.996. The van der Waals surface area contributed by atoms with Crippen molar-refractivity contribution in [3.05, 3.63) is 130 Å². The zero-order chi connectivity index (χ0) is 30.9. The van der Waals surface area contributed by atoms with Crippen molar-refractivity contribution in [1.82, 2.24) is 9.13 Å². The van der Waals surface area contributed by atoms with Crippen molar-refractivity contribution in [2.75, 3.05) is 0 Å². The maximum Gasteiger partial charge on any atom is 0.160 e. The van der Waals surface area contributed by atoms with Crippen LogP contribution in [0.4, 0.5) is 0 Å². The van der Waals surface area contributed by atoms with Gasteiger partial charge >= 0.3 is 0 Å². The van der Waals surface area contributed by atoms with Crippen LogP contribution in [0.1, 0.15) is 44.8 Å². The zero-order valence-corrected chi connectivity index (χ0v) is 26.8. The van der Waals surface area contributed by atoms with Crippen LogP contribution in [0.2, 0.25) is 0 Å². The van der Waals surface area contributed by atoms with Crippen molar-refractivity contribution in [2.24, 2.45) is 0 Å². The fourth-order valence-corrected chi connectivity index (χ4v) is 6.88. The third-order valence-corrected chi connectivity index (χ3v) is 9.30. The fraction of sp³-hybridized carbons (Fsp3) is 0.200. The summed E-state index contributed by atoms with van der Waals surface area (Å²) in [4.78, 5) is 0. The molecule has 8 aromatic rings. The van der Waals surface area contributed by atoms with Gasteiger partial charge in [-0.3, -0.25) is 0 Å². The Balaban J connectivity index is 0.000000142. The number of aryl methyl sites for hydroxylation is 7. The molecule has 0 aliphatic heterocycles. The van der Waals surface area contributed by atoms with E-state index in [0.29, 0.717) is 0 Å². The van der Waals surface area contributed by atoms with Crippen LogP contribution in [0.15, 0.2) is 93.8 Å². The summed E-state index contributed by atoms with van der Waals surface area (Å²) in [5.41, 5.74) is 17.9. The Hall–Kier alpha value is -4.96. The highest BCUT2D eigenvalue weighted by molar-refractivity contribution is 6.08. The van der Waals surface area contributed by atoms with E-state index in [0.717, 1.165) is 22.5 Å². The Morgan fingerprint density at radius 3 is 1.64 bits per heavy atom. The minimum atomic E-state index is 0.954. The zero-order valence-electron chi connectivity index (χ0n) is 26.8. The Bertz CT molecular complexity index is 2320. The van der Waals surface area contributed by atoms with Gasteiger partial charge in [0.15, 0.2) is 11.2 Å². The van der Waals surface area contributed by atoms with E-state index < -0.39 is 0 Å². The largest absolute Gasteiger partial charge is 0.459 e.